The van der Waals surface area contributed by atoms with Gasteiger partial charge in [0, 0.05) is 29.2 Å². The zero-order valence-corrected chi connectivity index (χ0v) is 14.1. The molecule has 0 amide bonds. The quantitative estimate of drug-likeness (QED) is 0.563. The molecule has 6 heteroatoms. The normalized spacial score (nSPS) is 16.7. The number of aromatic nitrogens is 3. The number of anilines is 1. The third kappa shape index (κ3) is 1.85. The summed E-state index contributed by atoms with van der Waals surface area (Å²) in [5.41, 5.74) is 11.6. The molecular weight excluding hydrogens is 312 g/mol. The summed E-state index contributed by atoms with van der Waals surface area (Å²) in [5, 5.41) is 4.29. The van der Waals surface area contributed by atoms with E-state index in [1.54, 1.807) is 0 Å². The average molecular weight is 330 g/mol. The molecule has 4 aromatic rings. The van der Waals surface area contributed by atoms with Crippen LogP contribution < -0.4 is 11.1 Å². The van der Waals surface area contributed by atoms with E-state index in [2.05, 4.69) is 63.7 Å². The number of aliphatic imine (C=N–C) groups is 1. The Morgan fingerprint density at radius 1 is 1.04 bits per heavy atom. The summed E-state index contributed by atoms with van der Waals surface area (Å²) >= 11 is 0. The summed E-state index contributed by atoms with van der Waals surface area (Å²) in [6.07, 6.45) is -0.241. The fourth-order valence-electron chi connectivity index (χ4n) is 3.79. The number of nitrogens with one attached hydrogen (secondary N) is 1. The first-order valence-corrected chi connectivity index (χ1v) is 8.26. The molecule has 1 aliphatic rings. The van der Waals surface area contributed by atoms with Gasteiger partial charge in [0.25, 0.3) is 0 Å². The Bertz CT molecular complexity index is 1160. The lowest BCUT2D eigenvalue weighted by Crippen LogP contribution is -2.31. The van der Waals surface area contributed by atoms with Gasteiger partial charge < -0.3 is 10.3 Å². The number of benzene rings is 2. The van der Waals surface area contributed by atoms with E-state index in [0.717, 1.165) is 22.5 Å². The third-order valence-corrected chi connectivity index (χ3v) is 5.05. The molecule has 2 aromatic carbocycles. The maximum Gasteiger partial charge on any atom is 0.212 e. The van der Waals surface area contributed by atoms with Gasteiger partial charge in [-0.15, -0.1) is 0 Å². The molecule has 0 saturated carbocycles. The van der Waals surface area contributed by atoms with Crippen molar-refractivity contribution < 1.29 is 0 Å². The van der Waals surface area contributed by atoms with Gasteiger partial charge in [-0.2, -0.15) is 0 Å². The lowest BCUT2D eigenvalue weighted by molar-refractivity contribution is 0.623. The van der Waals surface area contributed by atoms with E-state index >= 15 is 0 Å². The summed E-state index contributed by atoms with van der Waals surface area (Å²) in [6.45, 7) is 2.13. The summed E-state index contributed by atoms with van der Waals surface area (Å²) < 4.78 is 4.33. The zero-order chi connectivity index (χ0) is 17.1. The molecule has 3 heterocycles. The van der Waals surface area contributed by atoms with E-state index in [-0.39, 0.29) is 6.17 Å². The molecule has 0 bridgehead atoms. The number of imidazole rings is 1. The van der Waals surface area contributed by atoms with E-state index in [1.807, 2.05) is 18.2 Å². The minimum atomic E-state index is -0.241. The van der Waals surface area contributed by atoms with Gasteiger partial charge in [-0.3, -0.25) is 9.88 Å². The lowest BCUT2D eigenvalue weighted by atomic mass is 10.1. The standard InChI is InChI=1S/C19H18N6/c1-11-16(12-7-3-5-9-14(12)24(11)2)17-22-18(20)23-19-21-13-8-4-6-10-15(13)25(17)19/h3-10,17H,1-2H3,(H3,20,21,22,23)/t17-/m1/s1. The predicted octanol–water partition coefficient (Wildman–Crippen LogP) is 3.12. The SMILES string of the molecule is Cc1c([C@@H]2N=C(N)Nc3nc4ccccc4n32)c2ccccc2n1C. The number of hydrogen-bond donors (Lipinski definition) is 2. The highest BCUT2D eigenvalue weighted by Gasteiger charge is 2.29. The van der Waals surface area contributed by atoms with Gasteiger partial charge in [0.1, 0.15) is 0 Å². The van der Waals surface area contributed by atoms with Crippen molar-refractivity contribution in [2.75, 3.05) is 5.32 Å². The van der Waals surface area contributed by atoms with Crippen molar-refractivity contribution in [1.29, 1.82) is 0 Å². The van der Waals surface area contributed by atoms with Crippen molar-refractivity contribution in [3.8, 4) is 0 Å². The van der Waals surface area contributed by atoms with Gasteiger partial charge in [-0.05, 0) is 25.1 Å². The molecule has 0 radical (unpaired) electrons. The Kier molecular flexibility index (Phi) is 2.74. The Labute approximate surface area is 144 Å². The van der Waals surface area contributed by atoms with E-state index in [0.29, 0.717) is 5.96 Å². The minimum Gasteiger partial charge on any atom is -0.370 e. The third-order valence-electron chi connectivity index (χ3n) is 5.05. The van der Waals surface area contributed by atoms with Crippen LogP contribution in [-0.2, 0) is 7.05 Å². The second-order valence-corrected chi connectivity index (χ2v) is 6.38. The summed E-state index contributed by atoms with van der Waals surface area (Å²) in [7, 11) is 2.09. The van der Waals surface area contributed by atoms with Crippen LogP contribution in [-0.4, -0.2) is 20.1 Å². The molecule has 25 heavy (non-hydrogen) atoms. The van der Waals surface area contributed by atoms with Gasteiger partial charge in [-0.25, -0.2) is 9.98 Å². The van der Waals surface area contributed by atoms with Crippen molar-refractivity contribution in [2.45, 2.75) is 13.1 Å². The lowest BCUT2D eigenvalue weighted by Gasteiger charge is -2.24. The maximum absolute atomic E-state index is 6.08. The second-order valence-electron chi connectivity index (χ2n) is 6.38. The van der Waals surface area contributed by atoms with Crippen LogP contribution in [0, 0.1) is 6.92 Å². The fraction of sp³-hybridized carbons (Fsp3) is 0.158. The summed E-state index contributed by atoms with van der Waals surface area (Å²) in [5.74, 6) is 1.12. The Morgan fingerprint density at radius 3 is 2.60 bits per heavy atom. The molecule has 3 N–H and O–H groups in total. The molecule has 2 aromatic heterocycles. The molecule has 0 spiro atoms. The summed E-state index contributed by atoms with van der Waals surface area (Å²) in [4.78, 5) is 9.41. The molecule has 5 rings (SSSR count). The van der Waals surface area contributed by atoms with Gasteiger partial charge >= 0.3 is 0 Å². The maximum atomic E-state index is 6.08. The molecule has 0 unspecified atom stereocenters. The predicted molar refractivity (Wildman–Crippen MR) is 101 cm³/mol. The first-order valence-electron chi connectivity index (χ1n) is 8.26. The number of hydrogen-bond acceptors (Lipinski definition) is 4. The first-order chi connectivity index (χ1) is 12.1. The highest BCUT2D eigenvalue weighted by Crippen LogP contribution is 2.38. The molecule has 0 aliphatic carbocycles. The van der Waals surface area contributed by atoms with E-state index < -0.39 is 0 Å². The molecule has 6 nitrogen and oxygen atoms in total. The largest absolute Gasteiger partial charge is 0.370 e. The van der Waals surface area contributed by atoms with Gasteiger partial charge in [0.05, 0.1) is 11.0 Å². The van der Waals surface area contributed by atoms with Gasteiger partial charge in [-0.1, -0.05) is 30.3 Å². The van der Waals surface area contributed by atoms with Crippen LogP contribution in [0.5, 0.6) is 0 Å². The number of aryl methyl sites for hydroxylation is 1. The fourth-order valence-corrected chi connectivity index (χ4v) is 3.79. The number of rotatable bonds is 1. The molecule has 1 aliphatic heterocycles. The minimum absolute atomic E-state index is 0.241. The average Bonchev–Trinajstić information content (AvgIpc) is 3.10. The van der Waals surface area contributed by atoms with Gasteiger partial charge in [0.2, 0.25) is 5.95 Å². The monoisotopic (exact) mass is 330 g/mol. The Hall–Kier alpha value is -3.28. The number of guanidine groups is 1. The highest BCUT2D eigenvalue weighted by atomic mass is 15.4. The van der Waals surface area contributed by atoms with Crippen LogP contribution in [0.3, 0.4) is 0 Å². The van der Waals surface area contributed by atoms with Crippen molar-refractivity contribution in [3.63, 3.8) is 0 Å². The number of nitrogens with zero attached hydrogens (tertiary/aromatic N) is 4. The van der Waals surface area contributed by atoms with Crippen LogP contribution in [0.1, 0.15) is 17.4 Å². The van der Waals surface area contributed by atoms with Crippen LogP contribution in [0.4, 0.5) is 5.95 Å². The molecule has 124 valence electrons. The van der Waals surface area contributed by atoms with Crippen LogP contribution in [0.25, 0.3) is 21.9 Å². The van der Waals surface area contributed by atoms with Crippen LogP contribution in [0.15, 0.2) is 53.5 Å². The summed E-state index contributed by atoms with van der Waals surface area (Å²) in [6, 6.07) is 16.5. The molecular formula is C19H18N6. The Morgan fingerprint density at radius 2 is 1.76 bits per heavy atom. The van der Waals surface area contributed by atoms with E-state index in [4.69, 9.17) is 10.7 Å². The van der Waals surface area contributed by atoms with Crippen LogP contribution >= 0.6 is 0 Å². The van der Waals surface area contributed by atoms with Crippen molar-refractivity contribution in [1.82, 2.24) is 14.1 Å². The van der Waals surface area contributed by atoms with Crippen molar-refractivity contribution in [2.24, 2.45) is 17.8 Å². The molecule has 0 fully saturated rings. The molecule has 0 saturated heterocycles. The number of nitrogens with two attached hydrogens (primary N) is 1. The highest BCUT2D eigenvalue weighted by molar-refractivity contribution is 5.96. The van der Waals surface area contributed by atoms with E-state index in [9.17, 15) is 0 Å². The van der Waals surface area contributed by atoms with Crippen molar-refractivity contribution in [3.05, 3.63) is 59.8 Å². The Balaban J connectivity index is 1.87. The topological polar surface area (TPSA) is 73.2 Å². The van der Waals surface area contributed by atoms with Crippen LogP contribution in [0.2, 0.25) is 0 Å². The molecule has 1 atom stereocenters. The first kappa shape index (κ1) is 14.1. The number of fused-ring (bicyclic) bond motifs is 4. The zero-order valence-electron chi connectivity index (χ0n) is 14.1. The van der Waals surface area contributed by atoms with Gasteiger partial charge in [0.15, 0.2) is 12.1 Å². The van der Waals surface area contributed by atoms with Crippen molar-refractivity contribution >= 4 is 33.8 Å². The van der Waals surface area contributed by atoms with E-state index in [1.165, 1.54) is 16.6 Å². The smallest absolute Gasteiger partial charge is 0.212 e. The number of para-hydroxylation sites is 3. The second kappa shape index (κ2) is 4.86.